The average Bonchev–Trinajstić information content (AvgIpc) is 2.62. The first-order chi connectivity index (χ1) is 12.1. The standard InChI is InChI=1S/C20H21NO4/c1-2-24-19(22)13-9-11-14(12-10-13)25-20(23)17-7-3-6-16-15(17)5-4-8-18(16)21/h4-5,8-12,17H,2-3,6-7,21H2,1H3. The molecule has 1 unspecified atom stereocenters. The Morgan fingerprint density at radius 1 is 1.16 bits per heavy atom. The van der Waals surface area contributed by atoms with E-state index in [0.29, 0.717) is 17.9 Å². The fraction of sp³-hybridized carbons (Fsp3) is 0.300. The van der Waals surface area contributed by atoms with Gasteiger partial charge in [0.2, 0.25) is 0 Å². The summed E-state index contributed by atoms with van der Waals surface area (Å²) in [5, 5.41) is 0. The van der Waals surface area contributed by atoms with Crippen molar-refractivity contribution in [2.24, 2.45) is 0 Å². The lowest BCUT2D eigenvalue weighted by Gasteiger charge is -2.25. The van der Waals surface area contributed by atoms with Crippen LogP contribution in [0.3, 0.4) is 0 Å². The van der Waals surface area contributed by atoms with Crippen LogP contribution in [0.5, 0.6) is 5.75 Å². The van der Waals surface area contributed by atoms with E-state index in [9.17, 15) is 9.59 Å². The highest BCUT2D eigenvalue weighted by molar-refractivity contribution is 5.89. The van der Waals surface area contributed by atoms with Crippen molar-refractivity contribution in [3.8, 4) is 5.75 Å². The summed E-state index contributed by atoms with van der Waals surface area (Å²) in [7, 11) is 0. The summed E-state index contributed by atoms with van der Waals surface area (Å²) in [5.41, 5.74) is 9.20. The molecule has 1 atom stereocenters. The van der Waals surface area contributed by atoms with Gasteiger partial charge in [0.25, 0.3) is 0 Å². The number of nitrogens with two attached hydrogens (primary N) is 1. The van der Waals surface area contributed by atoms with E-state index in [0.717, 1.165) is 36.1 Å². The Bertz CT molecular complexity index is 783. The number of ether oxygens (including phenoxy) is 2. The monoisotopic (exact) mass is 339 g/mol. The van der Waals surface area contributed by atoms with Crippen LogP contribution in [0.4, 0.5) is 5.69 Å². The Labute approximate surface area is 146 Å². The van der Waals surface area contributed by atoms with Crippen LogP contribution in [0.15, 0.2) is 42.5 Å². The van der Waals surface area contributed by atoms with Gasteiger partial charge < -0.3 is 15.2 Å². The Hall–Kier alpha value is -2.82. The molecule has 0 amide bonds. The molecule has 0 radical (unpaired) electrons. The third kappa shape index (κ3) is 3.65. The number of carbonyl (C=O) groups excluding carboxylic acids is 2. The molecule has 5 heteroatoms. The maximum absolute atomic E-state index is 12.6. The number of hydrogen-bond donors (Lipinski definition) is 1. The van der Waals surface area contributed by atoms with Crippen LogP contribution < -0.4 is 10.5 Å². The van der Waals surface area contributed by atoms with Crippen LogP contribution in [0.25, 0.3) is 0 Å². The molecule has 0 saturated carbocycles. The van der Waals surface area contributed by atoms with E-state index in [1.54, 1.807) is 31.2 Å². The Kier molecular flexibility index (Phi) is 5.03. The number of rotatable bonds is 4. The molecule has 0 heterocycles. The number of anilines is 1. The van der Waals surface area contributed by atoms with E-state index in [1.807, 2.05) is 18.2 Å². The first-order valence-corrected chi connectivity index (χ1v) is 8.46. The van der Waals surface area contributed by atoms with Crippen molar-refractivity contribution >= 4 is 17.6 Å². The molecule has 0 spiro atoms. The second-order valence-corrected chi connectivity index (χ2v) is 6.03. The summed E-state index contributed by atoms with van der Waals surface area (Å²) >= 11 is 0. The number of carbonyl (C=O) groups is 2. The van der Waals surface area contributed by atoms with E-state index in [-0.39, 0.29) is 11.9 Å². The van der Waals surface area contributed by atoms with Crippen molar-refractivity contribution in [3.05, 3.63) is 59.2 Å². The van der Waals surface area contributed by atoms with E-state index < -0.39 is 5.97 Å². The predicted molar refractivity (Wildman–Crippen MR) is 94.6 cm³/mol. The van der Waals surface area contributed by atoms with Gasteiger partial charge in [-0.2, -0.15) is 0 Å². The van der Waals surface area contributed by atoms with Gasteiger partial charge in [0.15, 0.2) is 0 Å². The van der Waals surface area contributed by atoms with Gasteiger partial charge in [-0.15, -0.1) is 0 Å². The van der Waals surface area contributed by atoms with Crippen molar-refractivity contribution in [1.29, 1.82) is 0 Å². The molecule has 3 rings (SSSR count). The van der Waals surface area contributed by atoms with Crippen LogP contribution in [-0.4, -0.2) is 18.5 Å². The van der Waals surface area contributed by atoms with E-state index in [4.69, 9.17) is 15.2 Å². The molecular weight excluding hydrogens is 318 g/mol. The van der Waals surface area contributed by atoms with Gasteiger partial charge in [0.1, 0.15) is 5.75 Å². The molecule has 0 bridgehead atoms. The van der Waals surface area contributed by atoms with Crippen LogP contribution >= 0.6 is 0 Å². The molecule has 0 aliphatic heterocycles. The minimum absolute atomic E-state index is 0.296. The number of benzene rings is 2. The summed E-state index contributed by atoms with van der Waals surface area (Å²) in [5.74, 6) is -0.585. The van der Waals surface area contributed by atoms with Gasteiger partial charge in [-0.05, 0) is 67.6 Å². The molecule has 2 aromatic rings. The zero-order valence-corrected chi connectivity index (χ0v) is 14.2. The molecule has 0 aromatic heterocycles. The fourth-order valence-corrected chi connectivity index (χ4v) is 3.18. The topological polar surface area (TPSA) is 78.6 Å². The first-order valence-electron chi connectivity index (χ1n) is 8.46. The van der Waals surface area contributed by atoms with Gasteiger partial charge in [0.05, 0.1) is 18.1 Å². The highest BCUT2D eigenvalue weighted by Crippen LogP contribution is 2.35. The van der Waals surface area contributed by atoms with Gasteiger partial charge in [-0.1, -0.05) is 12.1 Å². The number of fused-ring (bicyclic) bond motifs is 1. The average molecular weight is 339 g/mol. The maximum Gasteiger partial charge on any atom is 0.338 e. The summed E-state index contributed by atoms with van der Waals surface area (Å²) < 4.78 is 10.4. The lowest BCUT2D eigenvalue weighted by molar-refractivity contribution is -0.136. The predicted octanol–water partition coefficient (Wildman–Crippen LogP) is 3.47. The van der Waals surface area contributed by atoms with Crippen molar-refractivity contribution in [2.75, 3.05) is 12.3 Å². The quantitative estimate of drug-likeness (QED) is 0.524. The van der Waals surface area contributed by atoms with Gasteiger partial charge in [-0.3, -0.25) is 4.79 Å². The lowest BCUT2D eigenvalue weighted by Crippen LogP contribution is -2.23. The summed E-state index contributed by atoms with van der Waals surface area (Å²) in [6, 6.07) is 12.1. The number of esters is 2. The number of nitrogen functional groups attached to an aromatic ring is 1. The van der Waals surface area contributed by atoms with E-state index in [2.05, 4.69) is 0 Å². The van der Waals surface area contributed by atoms with E-state index in [1.165, 1.54) is 0 Å². The highest BCUT2D eigenvalue weighted by Gasteiger charge is 2.29. The highest BCUT2D eigenvalue weighted by atomic mass is 16.5. The fourth-order valence-electron chi connectivity index (χ4n) is 3.18. The maximum atomic E-state index is 12.6. The van der Waals surface area contributed by atoms with Gasteiger partial charge >= 0.3 is 11.9 Å². The number of hydrogen-bond acceptors (Lipinski definition) is 5. The zero-order chi connectivity index (χ0) is 17.8. The van der Waals surface area contributed by atoms with Crippen LogP contribution in [0, 0.1) is 0 Å². The smallest absolute Gasteiger partial charge is 0.338 e. The molecule has 5 nitrogen and oxygen atoms in total. The molecule has 1 aliphatic rings. The van der Waals surface area contributed by atoms with Gasteiger partial charge in [-0.25, -0.2) is 4.79 Å². The molecule has 0 saturated heterocycles. The molecule has 25 heavy (non-hydrogen) atoms. The summed E-state index contributed by atoms with van der Waals surface area (Å²) in [4.78, 5) is 24.3. The third-order valence-electron chi connectivity index (χ3n) is 4.41. The third-order valence-corrected chi connectivity index (χ3v) is 4.41. The molecule has 0 fully saturated rings. The Morgan fingerprint density at radius 3 is 2.64 bits per heavy atom. The summed E-state index contributed by atoms with van der Waals surface area (Å²) in [6.07, 6.45) is 2.54. The van der Waals surface area contributed by atoms with E-state index >= 15 is 0 Å². The zero-order valence-electron chi connectivity index (χ0n) is 14.2. The van der Waals surface area contributed by atoms with Crippen molar-refractivity contribution in [3.63, 3.8) is 0 Å². The van der Waals surface area contributed by atoms with Crippen molar-refractivity contribution in [2.45, 2.75) is 32.1 Å². The molecule has 2 N–H and O–H groups in total. The first kappa shape index (κ1) is 17.0. The van der Waals surface area contributed by atoms with Gasteiger partial charge in [0, 0.05) is 5.69 Å². The minimum atomic E-state index is -0.392. The normalized spacial score (nSPS) is 16.0. The molecule has 2 aromatic carbocycles. The molecule has 1 aliphatic carbocycles. The van der Waals surface area contributed by atoms with Crippen molar-refractivity contribution in [1.82, 2.24) is 0 Å². The largest absolute Gasteiger partial charge is 0.462 e. The molecule has 130 valence electrons. The van der Waals surface area contributed by atoms with Crippen LogP contribution in [-0.2, 0) is 16.0 Å². The molecular formula is C20H21NO4. The van der Waals surface area contributed by atoms with Crippen LogP contribution in [0.2, 0.25) is 0 Å². The second kappa shape index (κ2) is 7.38. The Balaban J connectivity index is 1.73. The summed E-state index contributed by atoms with van der Waals surface area (Å²) in [6.45, 7) is 2.07. The minimum Gasteiger partial charge on any atom is -0.462 e. The second-order valence-electron chi connectivity index (χ2n) is 6.03. The van der Waals surface area contributed by atoms with Crippen LogP contribution in [0.1, 0.15) is 47.2 Å². The Morgan fingerprint density at radius 2 is 1.92 bits per heavy atom. The lowest BCUT2D eigenvalue weighted by atomic mass is 9.82. The van der Waals surface area contributed by atoms with Crippen molar-refractivity contribution < 1.29 is 19.1 Å². The SMILES string of the molecule is CCOC(=O)c1ccc(OC(=O)C2CCCc3c(N)cccc32)cc1.